The molecule has 0 saturated heterocycles. The third-order valence-electron chi connectivity index (χ3n) is 0.862. The Balaban J connectivity index is 2.61. The van der Waals surface area contributed by atoms with Crippen LogP contribution >= 0.6 is 11.3 Å². The largest absolute Gasteiger partial charge is 0.370 e. The number of anilines is 1. The molecule has 0 aliphatic heterocycles. The molecule has 1 heterocycles. The van der Waals surface area contributed by atoms with Crippen molar-refractivity contribution in [2.75, 3.05) is 11.9 Å². The van der Waals surface area contributed by atoms with Gasteiger partial charge in [-0.1, -0.05) is 0 Å². The molecule has 1 aromatic rings. The topological polar surface area (TPSA) is 48.7 Å². The fourth-order valence-corrected chi connectivity index (χ4v) is 1.05. The Morgan fingerprint density at radius 2 is 2.67 bits per heavy atom. The molecule has 0 fully saturated rings. The molecule has 9 heavy (non-hydrogen) atoms. The molecule has 0 saturated carbocycles. The van der Waals surface area contributed by atoms with Crippen LogP contribution in [0.4, 0.5) is 10.9 Å². The first-order chi connectivity index (χ1) is 4.33. The van der Waals surface area contributed by atoms with Gasteiger partial charge in [0.25, 0.3) is 0 Å². The van der Waals surface area contributed by atoms with Crippen LogP contribution in [0, 0.1) is 0 Å². The number of aromatic nitrogens is 1. The summed E-state index contributed by atoms with van der Waals surface area (Å²) < 4.78 is 0. The molecule has 2 N–H and O–H groups in total. The number of nitrogens with zero attached hydrogens (tertiary/aromatic N) is 1. The predicted molar refractivity (Wildman–Crippen MR) is 39.0 cm³/mol. The van der Waals surface area contributed by atoms with Gasteiger partial charge < -0.3 is 5.32 Å². The van der Waals surface area contributed by atoms with Gasteiger partial charge >= 0.3 is 0 Å². The second-order valence-electron chi connectivity index (χ2n) is 1.57. The van der Waals surface area contributed by atoms with E-state index in [1.54, 1.807) is 0 Å². The van der Waals surface area contributed by atoms with Crippen LogP contribution in [0.3, 0.4) is 0 Å². The Morgan fingerprint density at radius 1 is 1.89 bits per heavy atom. The van der Waals surface area contributed by atoms with E-state index in [2.05, 4.69) is 10.3 Å². The minimum absolute atomic E-state index is 0.367. The lowest BCUT2D eigenvalue weighted by Gasteiger charge is -1.92. The SMILES string of the molecule is CCNc1csc([NH])n1. The van der Waals surface area contributed by atoms with E-state index < -0.39 is 0 Å². The molecule has 0 unspecified atom stereocenters. The van der Waals surface area contributed by atoms with Crippen LogP contribution in [-0.4, -0.2) is 11.5 Å². The van der Waals surface area contributed by atoms with Crippen LogP contribution < -0.4 is 11.1 Å². The van der Waals surface area contributed by atoms with Gasteiger partial charge in [0.2, 0.25) is 5.13 Å². The van der Waals surface area contributed by atoms with E-state index >= 15 is 0 Å². The van der Waals surface area contributed by atoms with Crippen LogP contribution in [0.2, 0.25) is 0 Å². The van der Waals surface area contributed by atoms with Crippen LogP contribution in [0.25, 0.3) is 0 Å². The van der Waals surface area contributed by atoms with Crippen LogP contribution in [0.5, 0.6) is 0 Å². The van der Waals surface area contributed by atoms with Crippen LogP contribution in [0.1, 0.15) is 6.92 Å². The van der Waals surface area contributed by atoms with E-state index in [9.17, 15) is 0 Å². The van der Waals surface area contributed by atoms with E-state index in [-0.39, 0.29) is 0 Å². The predicted octanol–water partition coefficient (Wildman–Crippen LogP) is 1.49. The van der Waals surface area contributed by atoms with Gasteiger partial charge in [-0.3, -0.25) is 5.73 Å². The van der Waals surface area contributed by atoms with Gasteiger partial charge in [-0.25, -0.2) is 4.98 Å². The number of hydrogen-bond donors (Lipinski definition) is 1. The van der Waals surface area contributed by atoms with Crippen molar-refractivity contribution in [1.29, 1.82) is 0 Å². The molecule has 1 radical (unpaired) electrons. The summed E-state index contributed by atoms with van der Waals surface area (Å²) in [6.07, 6.45) is 0. The lowest BCUT2D eigenvalue weighted by Crippen LogP contribution is -1.95. The highest BCUT2D eigenvalue weighted by atomic mass is 32.1. The molecule has 0 aliphatic rings. The summed E-state index contributed by atoms with van der Waals surface area (Å²) in [6.45, 7) is 2.87. The number of rotatable bonds is 2. The molecule has 3 nitrogen and oxygen atoms in total. The molecular weight excluding hydrogens is 134 g/mol. The molecule has 0 bridgehead atoms. The fourth-order valence-electron chi connectivity index (χ4n) is 0.536. The zero-order valence-electron chi connectivity index (χ0n) is 5.14. The van der Waals surface area contributed by atoms with E-state index in [0.29, 0.717) is 5.13 Å². The lowest BCUT2D eigenvalue weighted by molar-refractivity contribution is 1.17. The van der Waals surface area contributed by atoms with Crippen molar-refractivity contribution in [3.8, 4) is 0 Å². The summed E-state index contributed by atoms with van der Waals surface area (Å²) in [7, 11) is 0. The molecule has 49 valence electrons. The molecule has 1 rings (SSSR count). The number of thiazole rings is 1. The second kappa shape index (κ2) is 2.68. The second-order valence-corrected chi connectivity index (χ2v) is 2.43. The third-order valence-corrected chi connectivity index (χ3v) is 1.52. The number of hydrogen-bond acceptors (Lipinski definition) is 3. The summed E-state index contributed by atoms with van der Waals surface area (Å²) >= 11 is 1.34. The maximum absolute atomic E-state index is 7.06. The molecule has 1 aromatic heterocycles. The Hall–Kier alpha value is -0.770. The minimum Gasteiger partial charge on any atom is -0.370 e. The molecule has 0 amide bonds. The van der Waals surface area contributed by atoms with Gasteiger partial charge in [0.15, 0.2) is 0 Å². The highest BCUT2D eigenvalue weighted by molar-refractivity contribution is 7.13. The smallest absolute Gasteiger partial charge is 0.203 e. The van der Waals surface area contributed by atoms with Crippen molar-refractivity contribution in [2.24, 2.45) is 0 Å². The first-order valence-corrected chi connectivity index (χ1v) is 3.62. The van der Waals surface area contributed by atoms with Gasteiger partial charge in [-0.15, -0.1) is 11.3 Å². The van der Waals surface area contributed by atoms with Crippen LogP contribution in [0.15, 0.2) is 5.38 Å². The van der Waals surface area contributed by atoms with Crippen molar-refractivity contribution in [3.63, 3.8) is 0 Å². The monoisotopic (exact) mass is 142 g/mol. The zero-order valence-corrected chi connectivity index (χ0v) is 5.96. The molecule has 0 aromatic carbocycles. The Bertz CT molecular complexity index is 184. The first kappa shape index (κ1) is 6.35. The van der Waals surface area contributed by atoms with Gasteiger partial charge in [0.1, 0.15) is 5.82 Å². The normalized spacial score (nSPS) is 9.44. The fraction of sp³-hybridized carbons (Fsp3) is 0.400. The Kier molecular flexibility index (Phi) is 1.89. The van der Waals surface area contributed by atoms with Crippen molar-refractivity contribution in [2.45, 2.75) is 6.92 Å². The maximum Gasteiger partial charge on any atom is 0.203 e. The standard InChI is InChI=1S/C5H8N3S/c1-2-7-4-3-9-5(6)8-4/h3,6-7H,2H2,1H3. The summed E-state index contributed by atoms with van der Waals surface area (Å²) in [5.74, 6) is 0.813. The summed E-state index contributed by atoms with van der Waals surface area (Å²) in [6, 6.07) is 0. The van der Waals surface area contributed by atoms with Crippen molar-refractivity contribution < 1.29 is 0 Å². The average Bonchev–Trinajstić information content (AvgIpc) is 2.17. The van der Waals surface area contributed by atoms with E-state index in [1.165, 1.54) is 11.3 Å². The van der Waals surface area contributed by atoms with E-state index in [4.69, 9.17) is 5.73 Å². The van der Waals surface area contributed by atoms with Gasteiger partial charge in [0.05, 0.1) is 0 Å². The minimum atomic E-state index is 0.367. The van der Waals surface area contributed by atoms with E-state index in [0.717, 1.165) is 12.4 Å². The van der Waals surface area contributed by atoms with Crippen molar-refractivity contribution in [3.05, 3.63) is 5.38 Å². The van der Waals surface area contributed by atoms with Gasteiger partial charge in [-0.05, 0) is 6.92 Å². The highest BCUT2D eigenvalue weighted by Gasteiger charge is 1.93. The highest BCUT2D eigenvalue weighted by Crippen LogP contribution is 2.15. The maximum atomic E-state index is 7.06. The quantitative estimate of drug-likeness (QED) is 0.680. The molecule has 0 aliphatic carbocycles. The molecular formula is C5H8N3S. The molecule has 4 heteroatoms. The van der Waals surface area contributed by atoms with Gasteiger partial charge in [-0.2, -0.15) is 0 Å². The third kappa shape index (κ3) is 1.57. The zero-order chi connectivity index (χ0) is 6.69. The van der Waals surface area contributed by atoms with Gasteiger partial charge in [0, 0.05) is 11.9 Å². The summed E-state index contributed by atoms with van der Waals surface area (Å²) in [5.41, 5.74) is 7.06. The summed E-state index contributed by atoms with van der Waals surface area (Å²) in [5, 5.41) is 5.21. The lowest BCUT2D eigenvalue weighted by atomic mass is 10.7. The van der Waals surface area contributed by atoms with Crippen molar-refractivity contribution >= 4 is 22.3 Å². The van der Waals surface area contributed by atoms with Crippen LogP contribution in [-0.2, 0) is 0 Å². The molecule has 0 spiro atoms. The number of nitrogens with one attached hydrogen (secondary N) is 2. The average molecular weight is 142 g/mol. The summed E-state index contributed by atoms with van der Waals surface area (Å²) in [4.78, 5) is 3.87. The molecule has 0 atom stereocenters. The van der Waals surface area contributed by atoms with E-state index in [1.807, 2.05) is 12.3 Å². The van der Waals surface area contributed by atoms with Crippen molar-refractivity contribution in [1.82, 2.24) is 10.7 Å². The first-order valence-electron chi connectivity index (χ1n) is 2.74. The Labute approximate surface area is 57.9 Å². The Morgan fingerprint density at radius 3 is 3.11 bits per heavy atom.